The number of carbonyl (C=O) groups excluding carboxylic acids is 1. The number of benzene rings is 2. The van der Waals surface area contributed by atoms with Crippen molar-refractivity contribution in [1.29, 1.82) is 0 Å². The molecule has 25 heavy (non-hydrogen) atoms. The maximum absolute atomic E-state index is 12.0. The number of aryl methyl sites for hydroxylation is 1. The number of nitrogens with zero attached hydrogens (tertiary/aromatic N) is 2. The molecule has 1 N–H and O–H groups in total. The van der Waals surface area contributed by atoms with Gasteiger partial charge in [0.05, 0.1) is 12.9 Å². The maximum Gasteiger partial charge on any atom is 0.258 e. The van der Waals surface area contributed by atoms with Gasteiger partial charge in [0, 0.05) is 11.3 Å². The van der Waals surface area contributed by atoms with Crippen LogP contribution in [0.1, 0.15) is 5.56 Å². The van der Waals surface area contributed by atoms with E-state index < -0.39 is 0 Å². The van der Waals surface area contributed by atoms with Crippen molar-refractivity contribution in [1.82, 2.24) is 10.1 Å². The lowest BCUT2D eigenvalue weighted by Crippen LogP contribution is -2.14. The lowest BCUT2D eigenvalue weighted by Gasteiger charge is -2.03. The smallest absolute Gasteiger partial charge is 0.258 e. The van der Waals surface area contributed by atoms with Gasteiger partial charge in [-0.05, 0) is 48.5 Å². The van der Waals surface area contributed by atoms with Crippen LogP contribution in [-0.4, -0.2) is 28.9 Å². The molecule has 0 radical (unpaired) electrons. The van der Waals surface area contributed by atoms with E-state index in [0.717, 1.165) is 22.6 Å². The Morgan fingerprint density at radius 2 is 1.88 bits per heavy atom. The van der Waals surface area contributed by atoms with Crippen molar-refractivity contribution in [3.63, 3.8) is 0 Å². The molecular weight excluding hydrogens is 338 g/mol. The van der Waals surface area contributed by atoms with Crippen molar-refractivity contribution in [3.05, 3.63) is 54.1 Å². The molecule has 0 bridgehead atoms. The van der Waals surface area contributed by atoms with Crippen molar-refractivity contribution in [2.75, 3.05) is 18.2 Å². The van der Waals surface area contributed by atoms with E-state index in [4.69, 9.17) is 9.26 Å². The van der Waals surface area contributed by atoms with E-state index in [-0.39, 0.29) is 11.7 Å². The highest BCUT2D eigenvalue weighted by atomic mass is 32.2. The summed E-state index contributed by atoms with van der Waals surface area (Å²) in [4.78, 5) is 16.3. The van der Waals surface area contributed by atoms with E-state index in [0.29, 0.717) is 11.0 Å². The Morgan fingerprint density at radius 1 is 1.16 bits per heavy atom. The lowest BCUT2D eigenvalue weighted by molar-refractivity contribution is -0.113. The van der Waals surface area contributed by atoms with Crippen LogP contribution in [0.3, 0.4) is 0 Å². The first-order valence-corrected chi connectivity index (χ1v) is 8.60. The van der Waals surface area contributed by atoms with Crippen molar-refractivity contribution in [3.8, 4) is 17.2 Å². The van der Waals surface area contributed by atoms with Crippen LogP contribution < -0.4 is 10.1 Å². The third-order valence-electron chi connectivity index (χ3n) is 3.41. The zero-order valence-electron chi connectivity index (χ0n) is 13.9. The zero-order valence-corrected chi connectivity index (χ0v) is 14.7. The molecule has 0 saturated carbocycles. The quantitative estimate of drug-likeness (QED) is 0.678. The topological polar surface area (TPSA) is 77.2 Å². The molecule has 6 nitrogen and oxygen atoms in total. The minimum atomic E-state index is -0.121. The molecule has 0 atom stereocenters. The summed E-state index contributed by atoms with van der Waals surface area (Å²) in [6.07, 6.45) is 0. The van der Waals surface area contributed by atoms with Crippen LogP contribution >= 0.6 is 11.8 Å². The SMILES string of the molecule is COc1ccc(-c2nc(SCC(=O)Nc3ccc(C)cc3)no2)cc1. The second kappa shape index (κ2) is 7.85. The molecule has 1 heterocycles. The third kappa shape index (κ3) is 4.60. The van der Waals surface area contributed by atoms with Crippen LogP contribution in [0.4, 0.5) is 5.69 Å². The fourth-order valence-corrected chi connectivity index (χ4v) is 2.65. The highest BCUT2D eigenvalue weighted by Crippen LogP contribution is 2.23. The Morgan fingerprint density at radius 3 is 2.56 bits per heavy atom. The first-order valence-electron chi connectivity index (χ1n) is 7.61. The van der Waals surface area contributed by atoms with Crippen LogP contribution in [0.2, 0.25) is 0 Å². The van der Waals surface area contributed by atoms with Gasteiger partial charge in [-0.1, -0.05) is 29.5 Å². The summed E-state index contributed by atoms with van der Waals surface area (Å²) < 4.78 is 10.3. The number of amides is 1. The summed E-state index contributed by atoms with van der Waals surface area (Å²) in [6, 6.07) is 15.0. The highest BCUT2D eigenvalue weighted by molar-refractivity contribution is 7.99. The molecule has 0 aliphatic rings. The molecule has 0 aliphatic carbocycles. The van der Waals surface area contributed by atoms with Crippen molar-refractivity contribution in [2.24, 2.45) is 0 Å². The number of anilines is 1. The van der Waals surface area contributed by atoms with Gasteiger partial charge in [-0.25, -0.2) is 0 Å². The summed E-state index contributed by atoms with van der Waals surface area (Å²) >= 11 is 1.22. The Labute approximate surface area is 149 Å². The van der Waals surface area contributed by atoms with Gasteiger partial charge in [0.15, 0.2) is 0 Å². The molecule has 7 heteroatoms. The molecular formula is C18H17N3O3S. The summed E-state index contributed by atoms with van der Waals surface area (Å²) in [5.41, 5.74) is 2.71. The Balaban J connectivity index is 1.55. The number of rotatable bonds is 6. The van der Waals surface area contributed by atoms with E-state index in [1.54, 1.807) is 7.11 Å². The Kier molecular flexibility index (Phi) is 5.35. The highest BCUT2D eigenvalue weighted by Gasteiger charge is 2.11. The molecule has 0 fully saturated rings. The monoisotopic (exact) mass is 355 g/mol. The number of methoxy groups -OCH3 is 1. The van der Waals surface area contributed by atoms with E-state index in [1.165, 1.54) is 11.8 Å². The van der Waals surface area contributed by atoms with Gasteiger partial charge in [0.25, 0.3) is 5.89 Å². The van der Waals surface area contributed by atoms with Crippen LogP contribution in [-0.2, 0) is 4.79 Å². The minimum absolute atomic E-state index is 0.121. The maximum atomic E-state index is 12.0. The number of ether oxygens (including phenoxy) is 1. The molecule has 0 spiro atoms. The standard InChI is InChI=1S/C18H17N3O3S/c1-12-3-7-14(8-4-12)19-16(22)11-25-18-20-17(24-21-18)13-5-9-15(23-2)10-6-13/h3-10H,11H2,1-2H3,(H,19,22). The molecule has 0 saturated heterocycles. The average molecular weight is 355 g/mol. The van der Waals surface area contributed by atoms with Crippen molar-refractivity contribution < 1.29 is 14.1 Å². The number of thioether (sulfide) groups is 1. The molecule has 128 valence electrons. The van der Waals surface area contributed by atoms with Crippen LogP contribution in [0, 0.1) is 6.92 Å². The number of hydrogen-bond acceptors (Lipinski definition) is 6. The zero-order chi connectivity index (χ0) is 17.6. The second-order valence-electron chi connectivity index (χ2n) is 5.31. The first-order chi connectivity index (χ1) is 12.1. The predicted octanol–water partition coefficient (Wildman–Crippen LogP) is 3.78. The molecule has 3 aromatic rings. The summed E-state index contributed by atoms with van der Waals surface area (Å²) in [5, 5.41) is 7.14. The molecule has 3 rings (SSSR count). The average Bonchev–Trinajstić information content (AvgIpc) is 3.11. The lowest BCUT2D eigenvalue weighted by atomic mass is 10.2. The van der Waals surface area contributed by atoms with E-state index in [9.17, 15) is 4.79 Å². The van der Waals surface area contributed by atoms with Gasteiger partial charge in [0.2, 0.25) is 11.1 Å². The molecule has 1 amide bonds. The normalized spacial score (nSPS) is 10.5. The number of nitrogens with one attached hydrogen (secondary N) is 1. The van der Waals surface area contributed by atoms with E-state index in [1.807, 2.05) is 55.5 Å². The van der Waals surface area contributed by atoms with Gasteiger partial charge < -0.3 is 14.6 Å². The molecule has 0 aliphatic heterocycles. The molecule has 1 aromatic heterocycles. The van der Waals surface area contributed by atoms with Gasteiger partial charge >= 0.3 is 0 Å². The third-order valence-corrected chi connectivity index (χ3v) is 4.24. The van der Waals surface area contributed by atoms with E-state index >= 15 is 0 Å². The number of carbonyl (C=O) groups is 1. The Bertz CT molecular complexity index is 845. The number of hydrogen-bond donors (Lipinski definition) is 1. The van der Waals surface area contributed by atoms with Crippen molar-refractivity contribution in [2.45, 2.75) is 12.1 Å². The fourth-order valence-electron chi connectivity index (χ4n) is 2.08. The van der Waals surface area contributed by atoms with Crippen LogP contribution in [0.25, 0.3) is 11.5 Å². The first kappa shape index (κ1) is 17.0. The fraction of sp³-hybridized carbons (Fsp3) is 0.167. The van der Waals surface area contributed by atoms with Crippen LogP contribution in [0.15, 0.2) is 58.2 Å². The Hall–Kier alpha value is -2.80. The van der Waals surface area contributed by atoms with Gasteiger partial charge in [-0.3, -0.25) is 4.79 Å². The summed E-state index contributed by atoms with van der Waals surface area (Å²) in [5.74, 6) is 1.24. The number of aromatic nitrogens is 2. The molecule has 0 unspecified atom stereocenters. The van der Waals surface area contributed by atoms with E-state index in [2.05, 4.69) is 15.5 Å². The van der Waals surface area contributed by atoms with Crippen molar-refractivity contribution >= 4 is 23.4 Å². The minimum Gasteiger partial charge on any atom is -0.497 e. The molecule has 2 aromatic carbocycles. The van der Waals surface area contributed by atoms with Crippen LogP contribution in [0.5, 0.6) is 5.75 Å². The van der Waals surface area contributed by atoms with Gasteiger partial charge in [-0.2, -0.15) is 4.98 Å². The second-order valence-corrected chi connectivity index (χ2v) is 6.26. The van der Waals surface area contributed by atoms with Gasteiger partial charge in [0.1, 0.15) is 5.75 Å². The predicted molar refractivity (Wildman–Crippen MR) is 96.8 cm³/mol. The summed E-state index contributed by atoms with van der Waals surface area (Å²) in [7, 11) is 1.61. The summed E-state index contributed by atoms with van der Waals surface area (Å²) in [6.45, 7) is 2.00. The van der Waals surface area contributed by atoms with Gasteiger partial charge in [-0.15, -0.1) is 0 Å². The largest absolute Gasteiger partial charge is 0.497 e.